The maximum atomic E-state index is 13.3. The first-order valence-corrected chi connectivity index (χ1v) is 10.8. The summed E-state index contributed by atoms with van der Waals surface area (Å²) >= 11 is 0. The summed E-state index contributed by atoms with van der Waals surface area (Å²) < 4.78 is 40.8. The number of alkyl halides is 3. The van der Waals surface area contributed by atoms with E-state index in [0.717, 1.165) is 24.1 Å². The number of likely N-dealkylation sites (tertiary alicyclic amines) is 1. The van der Waals surface area contributed by atoms with E-state index in [-0.39, 0.29) is 31.8 Å². The molecule has 5 rings (SSSR count). The molecule has 3 heterocycles. The van der Waals surface area contributed by atoms with Gasteiger partial charge in [0.05, 0.1) is 22.9 Å². The first-order valence-electron chi connectivity index (χ1n) is 10.8. The fourth-order valence-corrected chi connectivity index (χ4v) is 4.17. The third kappa shape index (κ3) is 4.01. The van der Waals surface area contributed by atoms with Gasteiger partial charge in [0.25, 0.3) is 5.91 Å². The Balaban J connectivity index is 1.47. The first kappa shape index (κ1) is 20.7. The van der Waals surface area contributed by atoms with Crippen molar-refractivity contribution in [3.05, 3.63) is 47.5 Å². The molecule has 168 valence electrons. The number of carbonyl (C=O) groups excluding carboxylic acids is 1. The van der Waals surface area contributed by atoms with E-state index in [1.807, 2.05) is 18.3 Å². The third-order valence-corrected chi connectivity index (χ3v) is 6.20. The van der Waals surface area contributed by atoms with Gasteiger partial charge in [0.2, 0.25) is 0 Å². The smallest absolute Gasteiger partial charge is 0.339 e. The molecule has 1 N–H and O–H groups in total. The van der Waals surface area contributed by atoms with Crippen LogP contribution in [-0.2, 0) is 0 Å². The van der Waals surface area contributed by atoms with Crippen molar-refractivity contribution in [3.63, 3.8) is 0 Å². The van der Waals surface area contributed by atoms with E-state index in [2.05, 4.69) is 20.3 Å². The Labute approximate surface area is 182 Å². The van der Waals surface area contributed by atoms with Gasteiger partial charge >= 0.3 is 6.18 Å². The molecule has 3 aromatic rings. The molecule has 1 saturated heterocycles. The summed E-state index contributed by atoms with van der Waals surface area (Å²) in [5.74, 6) is 0.0595. The molecule has 2 fully saturated rings. The third-order valence-electron chi connectivity index (χ3n) is 6.20. The Bertz CT molecular complexity index is 1140. The SMILES string of the molecule is Cc1nnc(-c2ccc(C(=O)N3CCC(C(F)(F)F)CC3)c(-n3ccc(C4CC4)n3)c2)[nH]1. The number of hydrogen-bond acceptors (Lipinski definition) is 4. The molecule has 0 bridgehead atoms. The summed E-state index contributed by atoms with van der Waals surface area (Å²) in [4.78, 5) is 17.9. The highest BCUT2D eigenvalue weighted by molar-refractivity contribution is 5.98. The van der Waals surface area contributed by atoms with Gasteiger partial charge in [-0.05, 0) is 50.8 Å². The number of rotatable bonds is 4. The largest absolute Gasteiger partial charge is 0.391 e. The van der Waals surface area contributed by atoms with Gasteiger partial charge < -0.3 is 9.88 Å². The maximum absolute atomic E-state index is 13.3. The normalized spacial score (nSPS) is 17.7. The Hall–Kier alpha value is -3.17. The maximum Gasteiger partial charge on any atom is 0.391 e. The summed E-state index contributed by atoms with van der Waals surface area (Å²) in [5, 5.41) is 12.8. The number of halogens is 3. The van der Waals surface area contributed by atoms with Crippen LogP contribution in [-0.4, -0.2) is 55.0 Å². The van der Waals surface area contributed by atoms with E-state index in [1.165, 1.54) is 4.90 Å². The Morgan fingerprint density at radius 3 is 2.47 bits per heavy atom. The van der Waals surface area contributed by atoms with Gasteiger partial charge in [-0.3, -0.25) is 4.79 Å². The fourth-order valence-electron chi connectivity index (χ4n) is 4.17. The van der Waals surface area contributed by atoms with E-state index in [4.69, 9.17) is 0 Å². The molecule has 0 atom stereocenters. The van der Waals surface area contributed by atoms with Crippen LogP contribution in [0.1, 0.15) is 53.5 Å². The zero-order valence-electron chi connectivity index (χ0n) is 17.6. The number of H-pyrrole nitrogens is 1. The van der Waals surface area contributed by atoms with Gasteiger partial charge in [-0.1, -0.05) is 6.07 Å². The predicted molar refractivity (Wildman–Crippen MR) is 110 cm³/mol. The average molecular weight is 444 g/mol. The summed E-state index contributed by atoms with van der Waals surface area (Å²) in [6.45, 7) is 1.96. The standard InChI is InChI=1S/C22H23F3N6O/c1-13-26-20(28-27-13)15-4-5-17(19(12-15)31-11-8-18(29-31)14-2-3-14)21(32)30-9-6-16(7-10-30)22(23,24)25/h4-5,8,11-12,14,16H,2-3,6-7,9-10H2,1H3,(H,26,27,28). The van der Waals surface area contributed by atoms with Crippen LogP contribution in [0.25, 0.3) is 17.1 Å². The average Bonchev–Trinajstić information content (AvgIpc) is 3.34. The number of benzene rings is 1. The van der Waals surface area contributed by atoms with Crippen molar-refractivity contribution >= 4 is 5.91 Å². The van der Waals surface area contributed by atoms with Gasteiger partial charge in [0.1, 0.15) is 5.82 Å². The molecule has 10 heteroatoms. The molecular formula is C22H23F3N6O. The highest BCUT2D eigenvalue weighted by Crippen LogP contribution is 2.39. The number of aromatic nitrogens is 5. The molecule has 1 aromatic carbocycles. The van der Waals surface area contributed by atoms with Gasteiger partial charge in [0, 0.05) is 30.8 Å². The van der Waals surface area contributed by atoms with Crippen molar-refractivity contribution in [3.8, 4) is 17.1 Å². The van der Waals surface area contributed by atoms with Crippen LogP contribution < -0.4 is 0 Å². The van der Waals surface area contributed by atoms with Gasteiger partial charge in [-0.2, -0.15) is 18.3 Å². The van der Waals surface area contributed by atoms with E-state index in [9.17, 15) is 18.0 Å². The lowest BCUT2D eigenvalue weighted by Gasteiger charge is -2.33. The summed E-state index contributed by atoms with van der Waals surface area (Å²) in [7, 11) is 0. The minimum absolute atomic E-state index is 0.0758. The molecule has 1 aliphatic carbocycles. The number of nitrogens with one attached hydrogen (secondary N) is 1. The van der Waals surface area contributed by atoms with Crippen LogP contribution in [0.5, 0.6) is 0 Å². The molecule has 0 unspecified atom stereocenters. The lowest BCUT2D eigenvalue weighted by atomic mass is 9.95. The van der Waals surface area contributed by atoms with E-state index in [0.29, 0.717) is 28.8 Å². The zero-order valence-corrected chi connectivity index (χ0v) is 17.6. The number of carbonyl (C=O) groups is 1. The molecule has 2 aliphatic rings. The highest BCUT2D eigenvalue weighted by Gasteiger charge is 2.42. The molecule has 2 aromatic heterocycles. The number of hydrogen-bond donors (Lipinski definition) is 1. The predicted octanol–water partition coefficient (Wildman–Crippen LogP) is 4.26. The number of piperidine rings is 1. The molecular weight excluding hydrogens is 421 g/mol. The second kappa shape index (κ2) is 7.75. The van der Waals surface area contributed by atoms with Crippen molar-refractivity contribution in [1.29, 1.82) is 0 Å². The Kier molecular flexibility index (Phi) is 5.02. The Morgan fingerprint density at radius 1 is 1.09 bits per heavy atom. The lowest BCUT2D eigenvalue weighted by molar-refractivity contribution is -0.183. The fraction of sp³-hybridized carbons (Fsp3) is 0.455. The van der Waals surface area contributed by atoms with E-state index >= 15 is 0 Å². The topological polar surface area (TPSA) is 79.7 Å². The van der Waals surface area contributed by atoms with Crippen molar-refractivity contribution in [1.82, 2.24) is 29.9 Å². The number of nitrogens with zero attached hydrogens (tertiary/aromatic N) is 5. The highest BCUT2D eigenvalue weighted by atomic mass is 19.4. The van der Waals surface area contributed by atoms with Crippen LogP contribution >= 0.6 is 0 Å². The minimum atomic E-state index is -4.22. The molecule has 0 radical (unpaired) electrons. The van der Waals surface area contributed by atoms with E-state index < -0.39 is 12.1 Å². The zero-order chi connectivity index (χ0) is 22.5. The van der Waals surface area contributed by atoms with Crippen LogP contribution in [0.15, 0.2) is 30.5 Å². The molecule has 32 heavy (non-hydrogen) atoms. The number of amides is 1. The molecule has 7 nitrogen and oxygen atoms in total. The number of aryl methyl sites for hydroxylation is 1. The van der Waals surface area contributed by atoms with Crippen molar-refractivity contribution in [2.75, 3.05) is 13.1 Å². The quantitative estimate of drug-likeness (QED) is 0.652. The second-order valence-electron chi connectivity index (χ2n) is 8.56. The van der Waals surface area contributed by atoms with Crippen molar-refractivity contribution < 1.29 is 18.0 Å². The van der Waals surface area contributed by atoms with Gasteiger partial charge in [-0.25, -0.2) is 4.68 Å². The van der Waals surface area contributed by atoms with Gasteiger partial charge in [-0.15, -0.1) is 10.2 Å². The second-order valence-corrected chi connectivity index (χ2v) is 8.56. The van der Waals surface area contributed by atoms with Crippen LogP contribution in [0, 0.1) is 12.8 Å². The van der Waals surface area contributed by atoms with Crippen molar-refractivity contribution in [2.45, 2.75) is 44.7 Å². The molecule has 1 aliphatic heterocycles. The van der Waals surface area contributed by atoms with Crippen LogP contribution in [0.2, 0.25) is 0 Å². The minimum Gasteiger partial charge on any atom is -0.339 e. The van der Waals surface area contributed by atoms with Crippen LogP contribution in [0.3, 0.4) is 0 Å². The van der Waals surface area contributed by atoms with Crippen molar-refractivity contribution in [2.24, 2.45) is 5.92 Å². The molecule has 1 saturated carbocycles. The molecule has 0 spiro atoms. The van der Waals surface area contributed by atoms with Gasteiger partial charge in [0.15, 0.2) is 5.82 Å². The molecule has 1 amide bonds. The van der Waals surface area contributed by atoms with Crippen LogP contribution in [0.4, 0.5) is 13.2 Å². The monoisotopic (exact) mass is 444 g/mol. The first-order chi connectivity index (χ1) is 15.3. The van der Waals surface area contributed by atoms with E-state index in [1.54, 1.807) is 23.7 Å². The number of aromatic amines is 1. The Morgan fingerprint density at radius 2 is 1.84 bits per heavy atom. The summed E-state index contributed by atoms with van der Waals surface area (Å²) in [5.41, 5.74) is 2.71. The summed E-state index contributed by atoms with van der Waals surface area (Å²) in [6, 6.07) is 7.23. The summed E-state index contributed by atoms with van der Waals surface area (Å²) in [6.07, 6.45) is -0.333. The lowest BCUT2D eigenvalue weighted by Crippen LogP contribution is -2.42.